The highest BCUT2D eigenvalue weighted by molar-refractivity contribution is 5.89. The van der Waals surface area contributed by atoms with Crippen LogP contribution in [0.1, 0.15) is 43.2 Å². The number of ketones is 1. The van der Waals surface area contributed by atoms with Crippen molar-refractivity contribution in [2.75, 3.05) is 0 Å². The number of hydrogen-bond donors (Lipinski definition) is 1. The molecule has 2 bridgehead atoms. The van der Waals surface area contributed by atoms with Crippen LogP contribution in [-0.2, 0) is 16.6 Å². The Morgan fingerprint density at radius 3 is 3.10 bits per heavy atom. The van der Waals surface area contributed by atoms with Gasteiger partial charge in [-0.05, 0) is 43.2 Å². The fraction of sp³-hybridized carbons (Fsp3) is 0.588. The molecule has 0 amide bonds. The third kappa shape index (κ3) is 0.976. The van der Waals surface area contributed by atoms with E-state index in [-0.39, 0.29) is 11.7 Å². The zero-order chi connectivity index (χ0) is 13.5. The van der Waals surface area contributed by atoms with E-state index < -0.39 is 17.1 Å². The van der Waals surface area contributed by atoms with E-state index in [0.29, 0.717) is 12.8 Å². The van der Waals surface area contributed by atoms with Crippen molar-refractivity contribution in [3.63, 3.8) is 0 Å². The Morgan fingerprint density at radius 1 is 1.30 bits per heavy atom. The minimum Gasteiger partial charge on any atom is -0.481 e. The second kappa shape index (κ2) is 3.28. The molecule has 20 heavy (non-hydrogen) atoms. The van der Waals surface area contributed by atoms with Crippen LogP contribution in [0.5, 0.6) is 5.75 Å². The second-order valence-corrected chi connectivity index (χ2v) is 6.94. The largest absolute Gasteiger partial charge is 0.481 e. The minimum absolute atomic E-state index is 0.180. The molecular weight excluding hydrogens is 252 g/mol. The quantitative estimate of drug-likeness (QED) is 0.785. The van der Waals surface area contributed by atoms with Crippen LogP contribution in [-0.4, -0.2) is 22.6 Å². The molecule has 3 heteroatoms. The standard InChI is InChI=1S/C17H18O3/c18-12-6-8-17(19)11-4-2-7-16(17)14-10(9-11)3-1-5-13(14)20-15(12)16/h1,3,5,11,15,19H,2,4,6-9H2. The van der Waals surface area contributed by atoms with Gasteiger partial charge in [0.1, 0.15) is 5.75 Å². The molecule has 0 radical (unpaired) electrons. The summed E-state index contributed by atoms with van der Waals surface area (Å²) in [4.78, 5) is 12.4. The Kier molecular flexibility index (Phi) is 1.85. The van der Waals surface area contributed by atoms with Crippen molar-refractivity contribution in [3.05, 3.63) is 29.3 Å². The molecule has 1 spiro atoms. The van der Waals surface area contributed by atoms with Crippen molar-refractivity contribution in [3.8, 4) is 5.75 Å². The summed E-state index contributed by atoms with van der Waals surface area (Å²) in [5.41, 5.74) is 1.28. The van der Waals surface area contributed by atoms with Crippen LogP contribution in [0.4, 0.5) is 0 Å². The van der Waals surface area contributed by atoms with Crippen molar-refractivity contribution >= 4 is 5.78 Å². The van der Waals surface area contributed by atoms with Crippen LogP contribution in [0.2, 0.25) is 0 Å². The monoisotopic (exact) mass is 270 g/mol. The summed E-state index contributed by atoms with van der Waals surface area (Å²) in [6, 6.07) is 6.14. The van der Waals surface area contributed by atoms with Crippen molar-refractivity contribution in [2.24, 2.45) is 5.92 Å². The number of benzene rings is 1. The van der Waals surface area contributed by atoms with Crippen LogP contribution in [0.25, 0.3) is 0 Å². The van der Waals surface area contributed by atoms with Crippen LogP contribution in [0.15, 0.2) is 18.2 Å². The number of hydrogen-bond acceptors (Lipinski definition) is 3. The van der Waals surface area contributed by atoms with Crippen LogP contribution in [0.3, 0.4) is 0 Å². The van der Waals surface area contributed by atoms with Crippen molar-refractivity contribution in [1.82, 2.24) is 0 Å². The summed E-state index contributed by atoms with van der Waals surface area (Å²) < 4.78 is 6.05. The van der Waals surface area contributed by atoms with E-state index in [9.17, 15) is 9.90 Å². The Bertz CT molecular complexity index is 637. The molecule has 0 saturated heterocycles. The average molecular weight is 270 g/mol. The van der Waals surface area contributed by atoms with Gasteiger partial charge in [0.25, 0.3) is 0 Å². The zero-order valence-corrected chi connectivity index (χ0v) is 11.4. The summed E-state index contributed by atoms with van der Waals surface area (Å²) in [6.07, 6.45) is 4.62. The van der Waals surface area contributed by atoms with E-state index in [0.717, 1.165) is 37.0 Å². The zero-order valence-electron chi connectivity index (χ0n) is 11.4. The Balaban J connectivity index is 1.88. The number of rotatable bonds is 0. The van der Waals surface area contributed by atoms with Gasteiger partial charge in [0.15, 0.2) is 11.9 Å². The van der Waals surface area contributed by atoms with Gasteiger partial charge in [0.05, 0.1) is 11.0 Å². The first-order chi connectivity index (χ1) is 9.67. The van der Waals surface area contributed by atoms with Crippen LogP contribution in [0, 0.1) is 5.92 Å². The second-order valence-electron chi connectivity index (χ2n) is 6.94. The molecule has 1 aliphatic heterocycles. The lowest BCUT2D eigenvalue weighted by Crippen LogP contribution is -2.69. The molecule has 104 valence electrons. The molecule has 2 fully saturated rings. The molecule has 5 rings (SSSR count). The van der Waals surface area contributed by atoms with E-state index in [1.165, 1.54) is 5.56 Å². The molecule has 4 aliphatic rings. The van der Waals surface area contributed by atoms with E-state index in [2.05, 4.69) is 6.07 Å². The average Bonchev–Trinajstić information content (AvgIpc) is 2.76. The van der Waals surface area contributed by atoms with E-state index in [1.54, 1.807) is 0 Å². The van der Waals surface area contributed by atoms with Gasteiger partial charge in [-0.25, -0.2) is 0 Å². The first-order valence-corrected chi connectivity index (χ1v) is 7.71. The molecule has 1 heterocycles. The number of aliphatic hydroxyl groups is 1. The molecule has 1 aromatic rings. The van der Waals surface area contributed by atoms with E-state index in [4.69, 9.17) is 4.74 Å². The van der Waals surface area contributed by atoms with Gasteiger partial charge in [0, 0.05) is 12.0 Å². The summed E-state index contributed by atoms with van der Waals surface area (Å²) in [5, 5.41) is 11.5. The maximum atomic E-state index is 12.4. The third-order valence-corrected chi connectivity index (χ3v) is 6.33. The number of carbonyl (C=O) groups is 1. The number of Topliss-reactive ketones (excluding diaryl/α,β-unsaturated/α-hetero) is 1. The highest BCUT2D eigenvalue weighted by Crippen LogP contribution is 2.65. The number of ether oxygens (including phenoxy) is 1. The van der Waals surface area contributed by atoms with Gasteiger partial charge in [-0.3, -0.25) is 4.79 Å². The van der Waals surface area contributed by atoms with Crippen LogP contribution >= 0.6 is 0 Å². The normalized spacial score (nSPS) is 44.0. The summed E-state index contributed by atoms with van der Waals surface area (Å²) in [7, 11) is 0. The first-order valence-electron chi connectivity index (χ1n) is 7.71. The van der Waals surface area contributed by atoms with E-state index in [1.807, 2.05) is 12.1 Å². The Hall–Kier alpha value is -1.35. The molecule has 2 saturated carbocycles. The topological polar surface area (TPSA) is 46.5 Å². The summed E-state index contributed by atoms with van der Waals surface area (Å²) in [6.45, 7) is 0. The Morgan fingerprint density at radius 2 is 2.20 bits per heavy atom. The lowest BCUT2D eigenvalue weighted by Gasteiger charge is -2.59. The maximum absolute atomic E-state index is 12.4. The molecule has 4 atom stereocenters. The molecular formula is C17H18O3. The first kappa shape index (κ1) is 11.3. The van der Waals surface area contributed by atoms with Gasteiger partial charge in [-0.15, -0.1) is 0 Å². The summed E-state index contributed by atoms with van der Waals surface area (Å²) >= 11 is 0. The van der Waals surface area contributed by atoms with Gasteiger partial charge >= 0.3 is 0 Å². The van der Waals surface area contributed by atoms with Crippen molar-refractivity contribution < 1.29 is 14.6 Å². The SMILES string of the molecule is O=C1CCC2(O)C3CCCC24c2c(cccc2OC14)C3. The summed E-state index contributed by atoms with van der Waals surface area (Å²) in [5.74, 6) is 1.32. The fourth-order valence-electron chi connectivity index (χ4n) is 5.61. The predicted molar refractivity (Wildman–Crippen MR) is 72.8 cm³/mol. The smallest absolute Gasteiger partial charge is 0.174 e. The van der Waals surface area contributed by atoms with E-state index >= 15 is 0 Å². The van der Waals surface area contributed by atoms with Crippen molar-refractivity contribution in [1.29, 1.82) is 0 Å². The lowest BCUT2D eigenvalue weighted by molar-refractivity contribution is -0.177. The molecule has 3 aliphatic carbocycles. The molecule has 0 aromatic heterocycles. The minimum atomic E-state index is -0.733. The lowest BCUT2D eigenvalue weighted by atomic mass is 9.46. The molecule has 1 N–H and O–H groups in total. The van der Waals surface area contributed by atoms with Crippen molar-refractivity contribution in [2.45, 2.75) is 55.6 Å². The van der Waals surface area contributed by atoms with Gasteiger partial charge in [-0.1, -0.05) is 18.6 Å². The van der Waals surface area contributed by atoms with Crippen LogP contribution < -0.4 is 4.74 Å². The third-order valence-electron chi connectivity index (χ3n) is 6.33. The van der Waals surface area contributed by atoms with Gasteiger partial charge in [-0.2, -0.15) is 0 Å². The molecule has 3 nitrogen and oxygen atoms in total. The molecule has 4 unspecified atom stereocenters. The number of carbonyl (C=O) groups excluding carboxylic acids is 1. The Labute approximate surface area is 117 Å². The predicted octanol–water partition coefficient (Wildman–Crippen LogP) is 2.14. The highest BCUT2D eigenvalue weighted by Gasteiger charge is 2.71. The van der Waals surface area contributed by atoms with Gasteiger partial charge in [0.2, 0.25) is 0 Å². The molecule has 1 aromatic carbocycles. The van der Waals surface area contributed by atoms with Gasteiger partial charge < -0.3 is 9.84 Å². The fourth-order valence-corrected chi connectivity index (χ4v) is 5.61. The maximum Gasteiger partial charge on any atom is 0.174 e. The highest BCUT2D eigenvalue weighted by atomic mass is 16.5.